The SMILES string of the molecule is COc1ccc(/C(O)=C2\C(=O)C(=O)N(Cc3ccccc3)C2c2ccc(OCc3ccccc3)cc2)cc1. The number of carbonyl (C=O) groups excluding carboxylic acids is 2. The van der Waals surface area contributed by atoms with Crippen molar-refractivity contribution in [2.45, 2.75) is 19.2 Å². The highest BCUT2D eigenvalue weighted by Crippen LogP contribution is 2.40. The Labute approximate surface area is 221 Å². The number of ether oxygens (including phenoxy) is 2. The predicted octanol–water partition coefficient (Wildman–Crippen LogP) is 5.90. The van der Waals surface area contributed by atoms with Gasteiger partial charge in [0.1, 0.15) is 23.9 Å². The lowest BCUT2D eigenvalue weighted by atomic mass is 9.95. The molecule has 6 nitrogen and oxygen atoms in total. The number of aliphatic hydroxyl groups excluding tert-OH is 1. The van der Waals surface area contributed by atoms with Gasteiger partial charge in [-0.05, 0) is 53.1 Å². The summed E-state index contributed by atoms with van der Waals surface area (Å²) >= 11 is 0. The molecule has 0 saturated carbocycles. The van der Waals surface area contributed by atoms with Crippen LogP contribution in [0.15, 0.2) is 115 Å². The summed E-state index contributed by atoms with van der Waals surface area (Å²) in [5.41, 5.74) is 3.10. The average molecular weight is 506 g/mol. The Hall–Kier alpha value is -4.84. The number of Topliss-reactive ketones (excluding diaryl/α,β-unsaturated/α-hetero) is 1. The van der Waals surface area contributed by atoms with Gasteiger partial charge in [0.25, 0.3) is 11.7 Å². The maximum Gasteiger partial charge on any atom is 0.295 e. The number of hydrogen-bond acceptors (Lipinski definition) is 5. The summed E-state index contributed by atoms with van der Waals surface area (Å²) in [5.74, 6) is -0.320. The first kappa shape index (κ1) is 24.8. The number of nitrogens with zero attached hydrogens (tertiary/aromatic N) is 1. The smallest absolute Gasteiger partial charge is 0.295 e. The van der Waals surface area contributed by atoms with Crippen molar-refractivity contribution >= 4 is 17.4 Å². The van der Waals surface area contributed by atoms with Gasteiger partial charge in [0.15, 0.2) is 0 Å². The molecule has 1 fully saturated rings. The number of methoxy groups -OCH3 is 1. The minimum atomic E-state index is -0.763. The van der Waals surface area contributed by atoms with E-state index in [9.17, 15) is 14.7 Å². The molecule has 5 rings (SSSR count). The van der Waals surface area contributed by atoms with Crippen LogP contribution >= 0.6 is 0 Å². The number of benzene rings is 4. The van der Waals surface area contributed by atoms with Crippen LogP contribution in [0.25, 0.3) is 5.76 Å². The van der Waals surface area contributed by atoms with E-state index in [1.54, 1.807) is 31.4 Å². The van der Waals surface area contributed by atoms with Gasteiger partial charge >= 0.3 is 0 Å². The molecule has 1 unspecified atom stereocenters. The summed E-state index contributed by atoms with van der Waals surface area (Å²) in [6, 6.07) is 32.6. The lowest BCUT2D eigenvalue weighted by Crippen LogP contribution is -2.29. The monoisotopic (exact) mass is 505 g/mol. The summed E-state index contributed by atoms with van der Waals surface area (Å²) in [4.78, 5) is 28.1. The number of amides is 1. The first-order chi connectivity index (χ1) is 18.5. The lowest BCUT2D eigenvalue weighted by Gasteiger charge is -2.25. The van der Waals surface area contributed by atoms with Crippen molar-refractivity contribution in [3.8, 4) is 11.5 Å². The third-order valence-electron chi connectivity index (χ3n) is 6.54. The van der Waals surface area contributed by atoms with Crippen molar-refractivity contribution in [2.24, 2.45) is 0 Å². The first-order valence-electron chi connectivity index (χ1n) is 12.3. The molecule has 0 bridgehead atoms. The second kappa shape index (κ2) is 11.0. The molecular weight excluding hydrogens is 478 g/mol. The van der Waals surface area contributed by atoms with Gasteiger partial charge in [-0.15, -0.1) is 0 Å². The zero-order valence-corrected chi connectivity index (χ0v) is 20.9. The Morgan fingerprint density at radius 3 is 1.95 bits per heavy atom. The van der Waals surface area contributed by atoms with E-state index >= 15 is 0 Å². The zero-order chi connectivity index (χ0) is 26.5. The van der Waals surface area contributed by atoms with Crippen molar-refractivity contribution in [3.05, 3.63) is 137 Å². The molecular formula is C32H27NO5. The summed E-state index contributed by atoms with van der Waals surface area (Å²) < 4.78 is 11.1. The molecule has 0 radical (unpaired) electrons. The fourth-order valence-electron chi connectivity index (χ4n) is 4.56. The van der Waals surface area contributed by atoms with Gasteiger partial charge in [-0.25, -0.2) is 0 Å². The maximum atomic E-state index is 13.3. The van der Waals surface area contributed by atoms with Gasteiger partial charge in [0.05, 0.1) is 18.7 Å². The predicted molar refractivity (Wildman–Crippen MR) is 144 cm³/mol. The van der Waals surface area contributed by atoms with Crippen LogP contribution in [0.2, 0.25) is 0 Å². The first-order valence-corrected chi connectivity index (χ1v) is 12.3. The zero-order valence-electron chi connectivity index (χ0n) is 20.9. The van der Waals surface area contributed by atoms with Crippen LogP contribution in [-0.4, -0.2) is 28.8 Å². The second-order valence-electron chi connectivity index (χ2n) is 8.98. The summed E-state index contributed by atoms with van der Waals surface area (Å²) in [7, 11) is 1.55. The highest BCUT2D eigenvalue weighted by molar-refractivity contribution is 6.46. The van der Waals surface area contributed by atoms with Gasteiger partial charge in [-0.3, -0.25) is 9.59 Å². The maximum absolute atomic E-state index is 13.3. The number of rotatable bonds is 8. The summed E-state index contributed by atoms with van der Waals surface area (Å²) in [6.07, 6.45) is 0. The standard InChI is InChI=1S/C32H27NO5/c1-37-26-16-14-25(15-17-26)30(34)28-29(33(32(36)31(28)35)20-22-8-4-2-5-9-22)24-12-18-27(19-13-24)38-21-23-10-6-3-7-11-23/h2-19,29,34H,20-21H2,1H3/b30-28+. The molecule has 1 atom stereocenters. The number of hydrogen-bond donors (Lipinski definition) is 1. The molecule has 190 valence electrons. The molecule has 0 aromatic heterocycles. The van der Waals surface area contributed by atoms with Gasteiger partial charge < -0.3 is 19.5 Å². The third-order valence-corrected chi connectivity index (χ3v) is 6.54. The number of carbonyl (C=O) groups is 2. The molecule has 38 heavy (non-hydrogen) atoms. The van der Waals surface area contributed by atoms with Crippen molar-refractivity contribution in [1.82, 2.24) is 4.90 Å². The van der Waals surface area contributed by atoms with Crippen LogP contribution in [0, 0.1) is 0 Å². The van der Waals surface area contributed by atoms with Crippen LogP contribution < -0.4 is 9.47 Å². The third kappa shape index (κ3) is 5.15. The normalized spacial score (nSPS) is 16.4. The van der Waals surface area contributed by atoms with Crippen LogP contribution in [-0.2, 0) is 22.7 Å². The van der Waals surface area contributed by atoms with E-state index in [0.717, 1.165) is 11.1 Å². The van der Waals surface area contributed by atoms with E-state index in [4.69, 9.17) is 9.47 Å². The Kier molecular flexibility index (Phi) is 7.22. The minimum Gasteiger partial charge on any atom is -0.507 e. The molecule has 1 heterocycles. The van der Waals surface area contributed by atoms with Crippen molar-refractivity contribution < 1.29 is 24.2 Å². The lowest BCUT2D eigenvalue weighted by molar-refractivity contribution is -0.140. The molecule has 1 saturated heterocycles. The molecule has 6 heteroatoms. The number of ketones is 1. The fraction of sp³-hybridized carbons (Fsp3) is 0.125. The van der Waals surface area contributed by atoms with Crippen molar-refractivity contribution in [1.29, 1.82) is 0 Å². The molecule has 1 aliphatic heterocycles. The molecule has 1 N–H and O–H groups in total. The fourth-order valence-corrected chi connectivity index (χ4v) is 4.56. The Balaban J connectivity index is 1.51. The van der Waals surface area contributed by atoms with E-state index in [2.05, 4.69) is 0 Å². The summed E-state index contributed by atoms with van der Waals surface area (Å²) in [6.45, 7) is 0.645. The molecule has 1 aliphatic rings. The largest absolute Gasteiger partial charge is 0.507 e. The molecule has 4 aromatic carbocycles. The number of aliphatic hydroxyl groups is 1. The highest BCUT2D eigenvalue weighted by Gasteiger charge is 2.46. The Morgan fingerprint density at radius 2 is 1.34 bits per heavy atom. The van der Waals surface area contributed by atoms with Crippen LogP contribution in [0.3, 0.4) is 0 Å². The molecule has 1 amide bonds. The van der Waals surface area contributed by atoms with E-state index in [0.29, 0.717) is 29.2 Å². The Morgan fingerprint density at radius 1 is 0.763 bits per heavy atom. The molecule has 0 aliphatic carbocycles. The average Bonchev–Trinajstić information content (AvgIpc) is 3.22. The second-order valence-corrected chi connectivity index (χ2v) is 8.98. The van der Waals surface area contributed by atoms with E-state index in [1.807, 2.05) is 84.9 Å². The van der Waals surface area contributed by atoms with E-state index < -0.39 is 17.7 Å². The van der Waals surface area contributed by atoms with Gasteiger partial charge in [-0.2, -0.15) is 0 Å². The molecule has 4 aromatic rings. The van der Waals surface area contributed by atoms with Crippen molar-refractivity contribution in [3.63, 3.8) is 0 Å². The van der Waals surface area contributed by atoms with Crippen LogP contribution in [0.1, 0.15) is 28.3 Å². The van der Waals surface area contributed by atoms with Gasteiger partial charge in [-0.1, -0.05) is 72.8 Å². The topological polar surface area (TPSA) is 76.1 Å². The molecule has 0 spiro atoms. The minimum absolute atomic E-state index is 0.0500. The van der Waals surface area contributed by atoms with Crippen LogP contribution in [0.5, 0.6) is 11.5 Å². The van der Waals surface area contributed by atoms with Crippen molar-refractivity contribution in [2.75, 3.05) is 7.11 Å². The quantitative estimate of drug-likeness (QED) is 0.183. The van der Waals surface area contributed by atoms with Crippen LogP contribution in [0.4, 0.5) is 0 Å². The number of likely N-dealkylation sites (tertiary alicyclic amines) is 1. The van der Waals surface area contributed by atoms with E-state index in [1.165, 1.54) is 4.90 Å². The highest BCUT2D eigenvalue weighted by atomic mass is 16.5. The summed E-state index contributed by atoms with van der Waals surface area (Å²) in [5, 5.41) is 11.3. The van der Waals surface area contributed by atoms with Gasteiger partial charge in [0.2, 0.25) is 0 Å². The van der Waals surface area contributed by atoms with E-state index in [-0.39, 0.29) is 17.9 Å². The Bertz CT molecular complexity index is 1450. The van der Waals surface area contributed by atoms with Gasteiger partial charge in [0, 0.05) is 12.1 Å².